The first kappa shape index (κ1) is 69.1. The van der Waals surface area contributed by atoms with Crippen molar-refractivity contribution in [2.24, 2.45) is 0 Å². The van der Waals surface area contributed by atoms with Gasteiger partial charge in [-0.05, 0) is 192 Å². The lowest BCUT2D eigenvalue weighted by Crippen LogP contribution is -2.75. The fourth-order valence-corrected chi connectivity index (χ4v) is 27.9. The van der Waals surface area contributed by atoms with Gasteiger partial charge in [0.2, 0.25) is 0 Å². The van der Waals surface area contributed by atoms with Gasteiger partial charge in [-0.15, -0.1) is 0 Å². The van der Waals surface area contributed by atoms with E-state index in [0.717, 1.165) is 95.7 Å². The predicted molar refractivity (Wildman–Crippen MR) is 483 cm³/mol. The average Bonchev–Trinajstić information content (AvgIpc) is 0.684. The van der Waals surface area contributed by atoms with E-state index in [1.54, 1.807) is 0 Å². The van der Waals surface area contributed by atoms with Gasteiger partial charge in [0, 0.05) is 56.4 Å². The third-order valence-corrected chi connectivity index (χ3v) is 32.9. The summed E-state index contributed by atoms with van der Waals surface area (Å²) < 4.78 is 0. The molecule has 0 radical (unpaired) electrons. The van der Waals surface area contributed by atoms with Crippen molar-refractivity contribution in [3.8, 4) is 44.5 Å². The minimum atomic E-state index is -3.29. The third kappa shape index (κ3) is 11.9. The number of nitrogens with zero attached hydrogens (tertiary/aromatic N) is 3. The van der Waals surface area contributed by atoms with Crippen LogP contribution in [-0.4, -0.2) is 22.9 Å². The van der Waals surface area contributed by atoms with Gasteiger partial charge in [-0.2, -0.15) is 0 Å². The van der Waals surface area contributed by atoms with Crippen molar-refractivity contribution in [3.05, 3.63) is 447 Å². The second-order valence-electron chi connectivity index (χ2n) is 30.1. The molecule has 112 heavy (non-hydrogen) atoms. The highest BCUT2D eigenvalue weighted by Gasteiger charge is 2.50. The Morgan fingerprint density at radius 1 is 0.214 bits per heavy atom. The van der Waals surface area contributed by atoms with E-state index in [-0.39, 0.29) is 6.71 Å². The smallest absolute Gasteiger partial charge is 0.252 e. The van der Waals surface area contributed by atoms with E-state index in [1.807, 2.05) is 0 Å². The molecule has 0 saturated heterocycles. The van der Waals surface area contributed by atoms with Gasteiger partial charge in [-0.1, -0.05) is 363 Å². The predicted octanol–water partition coefficient (Wildman–Crippen LogP) is 19.9. The fraction of sp³-hybridized carbons (Fsp3) is 0.0377. The molecule has 19 rings (SSSR count). The second kappa shape index (κ2) is 29.2. The van der Waals surface area contributed by atoms with E-state index in [2.05, 4.69) is 467 Å². The monoisotopic (exact) mass is 1460 g/mol. The fourth-order valence-electron chi connectivity index (χ4n) is 18.4. The maximum atomic E-state index is 2.75. The number of para-hydroxylation sites is 2. The number of rotatable bonds is 17. The highest BCUT2D eigenvalue weighted by Crippen LogP contribution is 2.55. The van der Waals surface area contributed by atoms with Crippen molar-refractivity contribution in [2.45, 2.75) is 27.7 Å². The van der Waals surface area contributed by atoms with Gasteiger partial charge in [-0.3, -0.25) is 0 Å². The topological polar surface area (TPSA) is 9.72 Å². The Bertz CT molecular complexity index is 5680. The summed E-state index contributed by atoms with van der Waals surface area (Å²) in [6, 6.07) is 162. The maximum Gasteiger partial charge on any atom is 0.252 e. The summed E-state index contributed by atoms with van der Waals surface area (Å²) in [6.45, 7) is 8.64. The molecule has 0 unspecified atom stereocenters. The molecule has 0 aliphatic carbocycles. The van der Waals surface area contributed by atoms with E-state index in [0.29, 0.717) is 0 Å². The van der Waals surface area contributed by atoms with Crippen molar-refractivity contribution in [2.75, 3.05) is 14.7 Å². The molecule has 532 valence electrons. The van der Waals surface area contributed by atoms with Crippen LogP contribution in [0.2, 0.25) is 0 Å². The van der Waals surface area contributed by atoms with Crippen LogP contribution >= 0.6 is 0 Å². The number of fused-ring (bicyclic) bond motifs is 4. The first-order valence-electron chi connectivity index (χ1n) is 39.1. The van der Waals surface area contributed by atoms with Gasteiger partial charge in [0.1, 0.15) is 0 Å². The zero-order chi connectivity index (χ0) is 75.3. The quantitative estimate of drug-likeness (QED) is 0.0664. The third-order valence-electron chi connectivity index (χ3n) is 23.3. The van der Waals surface area contributed by atoms with Crippen LogP contribution in [0.15, 0.2) is 425 Å². The molecule has 0 saturated carbocycles. The Morgan fingerprint density at radius 3 is 0.750 bits per heavy atom. The Labute approximate surface area is 661 Å². The van der Waals surface area contributed by atoms with Crippen molar-refractivity contribution in [1.82, 2.24) is 0 Å². The number of benzene rings is 17. The highest BCUT2D eigenvalue weighted by atomic mass is 28.3. The van der Waals surface area contributed by atoms with Crippen molar-refractivity contribution < 1.29 is 0 Å². The first-order chi connectivity index (χ1) is 55.2. The number of hydrogen-bond acceptors (Lipinski definition) is 3. The lowest BCUT2D eigenvalue weighted by Gasteiger charge is -2.47. The molecule has 2 heterocycles. The summed E-state index contributed by atoms with van der Waals surface area (Å²) in [7, 11) is -6.58. The van der Waals surface area contributed by atoms with Crippen molar-refractivity contribution >= 4 is 132 Å². The molecular weight excluding hydrogens is 1380 g/mol. The van der Waals surface area contributed by atoms with Gasteiger partial charge >= 0.3 is 0 Å². The zero-order valence-corrected chi connectivity index (χ0v) is 65.3. The van der Waals surface area contributed by atoms with Gasteiger partial charge in [-0.25, -0.2) is 0 Å². The van der Waals surface area contributed by atoms with E-state index < -0.39 is 16.1 Å². The molecule has 17 aromatic carbocycles. The molecule has 2 aliphatic heterocycles. The summed E-state index contributed by atoms with van der Waals surface area (Å²) in [4.78, 5) is 8.00. The lowest BCUT2D eigenvalue weighted by atomic mass is 9.33. The van der Waals surface area contributed by atoms with Crippen LogP contribution in [0.4, 0.5) is 51.2 Å². The van der Waals surface area contributed by atoms with E-state index in [9.17, 15) is 0 Å². The Morgan fingerprint density at radius 2 is 0.464 bits per heavy atom. The van der Waals surface area contributed by atoms with Crippen LogP contribution in [0.3, 0.4) is 0 Å². The highest BCUT2D eigenvalue weighted by molar-refractivity contribution is 7.20. The second-order valence-corrected chi connectivity index (χ2v) is 37.8. The standard InChI is InChI=1S/C106H82BN3Si2/c1-75-55-59-90(60-56-75)111(86-47-27-11-28-48-86,87-49-29-12-30-50-87)92-63-65-98-100(73-92)109(105-94(79-35-15-5-16-36-79)67-77(3)68-95(105)80-37-17-6-18-38-80)102-71-85(108(83-43-23-9-24-44-83)84-45-25-10-26-46-84)72-103-104(102)107(98)99-66-64-93(112(88-51-31-13-32-52-88,89-53-33-14-34-54-89)91-61-57-76(2)58-62-91)74-101(99)110(103)106-96(81-39-19-7-20-40-81)69-78(4)70-97(106)82-41-21-8-22-42-82/h5-74H,1-4H3. The van der Waals surface area contributed by atoms with Crippen molar-refractivity contribution in [1.29, 1.82) is 0 Å². The molecule has 0 atom stereocenters. The molecule has 0 spiro atoms. The molecule has 0 amide bonds. The number of anilines is 9. The molecular formula is C106H82BN3Si2. The minimum absolute atomic E-state index is 0.328. The van der Waals surface area contributed by atoms with Crippen LogP contribution in [0.25, 0.3) is 44.5 Å². The molecule has 3 nitrogen and oxygen atoms in total. The Balaban J connectivity index is 1.04. The average molecular weight is 1460 g/mol. The summed E-state index contributed by atoms with van der Waals surface area (Å²) in [5, 5.41) is 10.5. The van der Waals surface area contributed by atoms with E-state index >= 15 is 0 Å². The van der Waals surface area contributed by atoms with Gasteiger partial charge in [0.25, 0.3) is 6.71 Å². The number of aryl methyl sites for hydroxylation is 4. The van der Waals surface area contributed by atoms with Crippen LogP contribution in [-0.2, 0) is 0 Å². The molecule has 2 aliphatic rings. The number of hydrogen-bond donors (Lipinski definition) is 0. The first-order valence-corrected chi connectivity index (χ1v) is 43.1. The van der Waals surface area contributed by atoms with Gasteiger partial charge in [0.05, 0.1) is 17.1 Å². The van der Waals surface area contributed by atoms with Crippen LogP contribution in [0, 0.1) is 27.7 Å². The van der Waals surface area contributed by atoms with Crippen LogP contribution < -0.4 is 72.6 Å². The van der Waals surface area contributed by atoms with Gasteiger partial charge in [0.15, 0.2) is 16.1 Å². The van der Waals surface area contributed by atoms with Crippen LogP contribution in [0.5, 0.6) is 0 Å². The summed E-state index contributed by atoms with van der Waals surface area (Å²) in [5.41, 5.74) is 27.3. The molecule has 0 N–H and O–H groups in total. The SMILES string of the molecule is Cc1ccc([Si](c2ccccc2)(c2ccccc2)c2ccc3c(c2)N(c2c(-c4ccccc4)cc(C)cc2-c2ccccc2)c2cc(N(c4ccccc4)c4ccccc4)cc4c2B3c2ccc([Si](c3ccccc3)(c3ccccc3)c3ccc(C)cc3)cc2N4c2c(-c3ccccc3)cc(C)cc2-c2ccccc2)cc1. The van der Waals surface area contributed by atoms with E-state index in [1.165, 1.54) is 80.1 Å². The maximum absolute atomic E-state index is 3.29. The lowest BCUT2D eigenvalue weighted by molar-refractivity contribution is 1.22. The normalized spacial score (nSPS) is 12.2. The summed E-state index contributed by atoms with van der Waals surface area (Å²) in [6.07, 6.45) is 0. The molecule has 0 fully saturated rings. The molecule has 6 heteroatoms. The summed E-state index contributed by atoms with van der Waals surface area (Å²) in [5.74, 6) is 0. The molecule has 0 aromatic heterocycles. The van der Waals surface area contributed by atoms with Crippen LogP contribution in [0.1, 0.15) is 22.3 Å². The molecule has 17 aromatic rings. The minimum Gasteiger partial charge on any atom is -0.310 e. The Kier molecular flexibility index (Phi) is 18.0. The van der Waals surface area contributed by atoms with Crippen molar-refractivity contribution in [3.63, 3.8) is 0 Å². The largest absolute Gasteiger partial charge is 0.310 e. The molecule has 0 bridgehead atoms. The summed E-state index contributed by atoms with van der Waals surface area (Å²) >= 11 is 0. The Hall–Kier alpha value is -13.4. The zero-order valence-electron chi connectivity index (χ0n) is 63.3. The van der Waals surface area contributed by atoms with Gasteiger partial charge < -0.3 is 14.7 Å². The van der Waals surface area contributed by atoms with E-state index in [4.69, 9.17) is 0 Å².